The van der Waals surface area contributed by atoms with Crippen molar-refractivity contribution in [2.75, 3.05) is 19.0 Å². The number of anilines is 1. The minimum Gasteiger partial charge on any atom is -0.378 e. The molecule has 0 bridgehead atoms. The zero-order chi connectivity index (χ0) is 18.6. The Kier molecular flexibility index (Phi) is 6.07. The van der Waals surface area contributed by atoms with Crippen molar-refractivity contribution < 1.29 is 4.79 Å². The number of primary amides is 1. The molecule has 134 valence electrons. The number of allylic oxidation sites excluding steroid dienone is 1. The van der Waals surface area contributed by atoms with Crippen LogP contribution < -0.4 is 10.6 Å². The van der Waals surface area contributed by atoms with Crippen LogP contribution >= 0.6 is 0 Å². The van der Waals surface area contributed by atoms with Gasteiger partial charge in [-0.1, -0.05) is 31.6 Å². The summed E-state index contributed by atoms with van der Waals surface area (Å²) in [7, 11) is 4.03. The van der Waals surface area contributed by atoms with Crippen LogP contribution in [0, 0.1) is 6.92 Å². The minimum atomic E-state index is -0.371. The number of aromatic nitrogens is 1. The van der Waals surface area contributed by atoms with E-state index < -0.39 is 0 Å². The highest BCUT2D eigenvalue weighted by Gasteiger charge is 2.24. The van der Waals surface area contributed by atoms with Crippen LogP contribution in [0.1, 0.15) is 41.5 Å². The SMILES string of the molecule is C=CCn1c(C)c(C(N)=O)c(-c2ccc(N(C)C)cc2)c1CCCC. The van der Waals surface area contributed by atoms with Crippen LogP contribution in [0.25, 0.3) is 11.1 Å². The predicted octanol–water partition coefficient (Wildman–Crippen LogP) is 4.16. The summed E-state index contributed by atoms with van der Waals surface area (Å²) < 4.78 is 2.18. The first-order chi connectivity index (χ1) is 11.9. The van der Waals surface area contributed by atoms with E-state index in [9.17, 15) is 4.79 Å². The number of nitrogens with zero attached hydrogens (tertiary/aromatic N) is 2. The van der Waals surface area contributed by atoms with Crippen molar-refractivity contribution in [2.24, 2.45) is 5.73 Å². The van der Waals surface area contributed by atoms with Gasteiger partial charge in [0.2, 0.25) is 0 Å². The fraction of sp³-hybridized carbons (Fsp3) is 0.381. The summed E-state index contributed by atoms with van der Waals surface area (Å²) in [5.74, 6) is -0.371. The van der Waals surface area contributed by atoms with Crippen molar-refractivity contribution in [2.45, 2.75) is 39.7 Å². The molecular weight excluding hydrogens is 310 g/mol. The van der Waals surface area contributed by atoms with Gasteiger partial charge in [-0.05, 0) is 37.5 Å². The van der Waals surface area contributed by atoms with Gasteiger partial charge in [0.1, 0.15) is 0 Å². The maximum atomic E-state index is 12.2. The van der Waals surface area contributed by atoms with Crippen molar-refractivity contribution in [3.8, 4) is 11.1 Å². The molecule has 0 spiro atoms. The third kappa shape index (κ3) is 3.78. The third-order valence-electron chi connectivity index (χ3n) is 4.63. The largest absolute Gasteiger partial charge is 0.378 e. The van der Waals surface area contributed by atoms with Gasteiger partial charge >= 0.3 is 0 Å². The molecule has 1 aromatic heterocycles. The van der Waals surface area contributed by atoms with Crippen LogP contribution in [-0.4, -0.2) is 24.6 Å². The quantitative estimate of drug-likeness (QED) is 0.734. The number of hydrogen-bond donors (Lipinski definition) is 1. The summed E-state index contributed by atoms with van der Waals surface area (Å²) in [6, 6.07) is 8.29. The molecule has 0 fully saturated rings. The van der Waals surface area contributed by atoms with Crippen LogP contribution in [0.4, 0.5) is 5.69 Å². The molecule has 2 aromatic rings. The van der Waals surface area contributed by atoms with Crippen molar-refractivity contribution >= 4 is 11.6 Å². The van der Waals surface area contributed by atoms with Gasteiger partial charge in [0.15, 0.2) is 0 Å². The van der Waals surface area contributed by atoms with Gasteiger partial charge in [0.25, 0.3) is 5.91 Å². The number of benzene rings is 1. The smallest absolute Gasteiger partial charge is 0.251 e. The number of amides is 1. The van der Waals surface area contributed by atoms with Crippen LogP contribution in [0.15, 0.2) is 36.9 Å². The zero-order valence-electron chi connectivity index (χ0n) is 15.8. The summed E-state index contributed by atoms with van der Waals surface area (Å²) in [4.78, 5) is 14.3. The lowest BCUT2D eigenvalue weighted by molar-refractivity contribution is 0.1000. The standard InChI is InChI=1S/C21H29N3O/c1-6-8-9-18-20(16-10-12-17(13-11-16)23(4)5)19(21(22)25)15(3)24(18)14-7-2/h7,10-13H,2,6,8-9,14H2,1,3-5H3,(H2,22,25). The number of carbonyl (C=O) groups excluding carboxylic acids is 1. The second-order valence-electron chi connectivity index (χ2n) is 6.59. The fourth-order valence-electron chi connectivity index (χ4n) is 3.32. The molecule has 0 radical (unpaired) electrons. The molecular formula is C21H29N3O. The van der Waals surface area contributed by atoms with E-state index in [0.717, 1.165) is 41.8 Å². The maximum Gasteiger partial charge on any atom is 0.251 e. The monoisotopic (exact) mass is 339 g/mol. The molecule has 4 nitrogen and oxygen atoms in total. The van der Waals surface area contributed by atoms with E-state index in [1.165, 1.54) is 5.69 Å². The Morgan fingerprint density at radius 1 is 1.28 bits per heavy atom. The van der Waals surface area contributed by atoms with Gasteiger partial charge in [-0.3, -0.25) is 4.79 Å². The summed E-state index contributed by atoms with van der Waals surface area (Å²) in [6.45, 7) is 8.69. The van der Waals surface area contributed by atoms with Crippen molar-refractivity contribution in [3.63, 3.8) is 0 Å². The van der Waals surface area contributed by atoms with E-state index in [2.05, 4.69) is 47.2 Å². The molecule has 2 N–H and O–H groups in total. The van der Waals surface area contributed by atoms with Crippen LogP contribution in [0.5, 0.6) is 0 Å². The fourth-order valence-corrected chi connectivity index (χ4v) is 3.32. The van der Waals surface area contributed by atoms with Crippen molar-refractivity contribution in [1.29, 1.82) is 0 Å². The molecule has 2 rings (SSSR count). The summed E-state index contributed by atoms with van der Waals surface area (Å²) in [6.07, 6.45) is 4.96. The molecule has 1 amide bonds. The lowest BCUT2D eigenvalue weighted by Crippen LogP contribution is -2.13. The van der Waals surface area contributed by atoms with Crippen LogP contribution in [0.3, 0.4) is 0 Å². The van der Waals surface area contributed by atoms with Gasteiger partial charge < -0.3 is 15.2 Å². The topological polar surface area (TPSA) is 51.3 Å². The molecule has 0 aliphatic carbocycles. The Balaban J connectivity index is 2.69. The first-order valence-electron chi connectivity index (χ1n) is 8.82. The number of carbonyl (C=O) groups is 1. The normalized spacial score (nSPS) is 10.7. The summed E-state index contributed by atoms with van der Waals surface area (Å²) >= 11 is 0. The Morgan fingerprint density at radius 2 is 1.92 bits per heavy atom. The molecule has 25 heavy (non-hydrogen) atoms. The van der Waals surface area contributed by atoms with Crippen molar-refractivity contribution in [3.05, 3.63) is 53.9 Å². The Morgan fingerprint density at radius 3 is 2.40 bits per heavy atom. The van der Waals surface area contributed by atoms with Gasteiger partial charge in [0.05, 0.1) is 5.56 Å². The Labute approximate surface area is 150 Å². The molecule has 0 unspecified atom stereocenters. The second kappa shape index (κ2) is 8.06. The summed E-state index contributed by atoms with van der Waals surface area (Å²) in [5.41, 5.74) is 11.6. The Hall–Kier alpha value is -2.49. The van der Waals surface area contributed by atoms with Gasteiger partial charge in [-0.2, -0.15) is 0 Å². The first-order valence-corrected chi connectivity index (χ1v) is 8.82. The van der Waals surface area contributed by atoms with E-state index >= 15 is 0 Å². The first kappa shape index (κ1) is 18.8. The van der Waals surface area contributed by atoms with Gasteiger partial charge in [0, 0.05) is 43.3 Å². The lowest BCUT2D eigenvalue weighted by atomic mass is 9.97. The summed E-state index contributed by atoms with van der Waals surface area (Å²) in [5, 5.41) is 0. The van der Waals surface area contributed by atoms with E-state index in [1.54, 1.807) is 0 Å². The molecule has 0 aliphatic heterocycles. The average Bonchev–Trinajstić information content (AvgIpc) is 2.86. The number of nitrogens with two attached hydrogens (primary N) is 1. The third-order valence-corrected chi connectivity index (χ3v) is 4.63. The number of rotatable bonds is 8. The molecule has 1 heterocycles. The molecule has 4 heteroatoms. The average molecular weight is 339 g/mol. The minimum absolute atomic E-state index is 0.371. The van der Waals surface area contributed by atoms with Gasteiger partial charge in [-0.25, -0.2) is 0 Å². The maximum absolute atomic E-state index is 12.2. The van der Waals surface area contributed by atoms with E-state index in [-0.39, 0.29) is 5.91 Å². The van der Waals surface area contributed by atoms with E-state index in [0.29, 0.717) is 12.1 Å². The second-order valence-corrected chi connectivity index (χ2v) is 6.59. The van der Waals surface area contributed by atoms with Crippen LogP contribution in [0.2, 0.25) is 0 Å². The Bertz CT molecular complexity index is 754. The van der Waals surface area contributed by atoms with E-state index in [1.807, 2.05) is 27.1 Å². The highest BCUT2D eigenvalue weighted by molar-refractivity contribution is 6.02. The lowest BCUT2D eigenvalue weighted by Gasteiger charge is -2.14. The van der Waals surface area contributed by atoms with Gasteiger partial charge in [-0.15, -0.1) is 6.58 Å². The molecule has 0 aliphatic rings. The number of hydrogen-bond acceptors (Lipinski definition) is 2. The van der Waals surface area contributed by atoms with E-state index in [4.69, 9.17) is 5.73 Å². The van der Waals surface area contributed by atoms with Crippen LogP contribution in [-0.2, 0) is 13.0 Å². The molecule has 1 aromatic carbocycles. The highest BCUT2D eigenvalue weighted by atomic mass is 16.1. The molecule has 0 saturated heterocycles. The molecule has 0 saturated carbocycles. The molecule has 0 atom stereocenters. The van der Waals surface area contributed by atoms with Crippen molar-refractivity contribution in [1.82, 2.24) is 4.57 Å². The zero-order valence-corrected chi connectivity index (χ0v) is 15.8. The highest BCUT2D eigenvalue weighted by Crippen LogP contribution is 2.34. The number of unbranched alkanes of at least 4 members (excludes halogenated alkanes) is 1. The predicted molar refractivity (Wildman–Crippen MR) is 106 cm³/mol.